The lowest BCUT2D eigenvalue weighted by molar-refractivity contribution is -0.122. The maximum atomic E-state index is 13.7. The van der Waals surface area contributed by atoms with Gasteiger partial charge in [0.05, 0.1) is 7.11 Å². The summed E-state index contributed by atoms with van der Waals surface area (Å²) in [5.41, 5.74) is 6.93. The molecule has 2 saturated carbocycles. The number of ketones is 1. The molecule has 0 saturated heterocycles. The van der Waals surface area contributed by atoms with Crippen molar-refractivity contribution in [1.82, 2.24) is 5.32 Å². The number of Topliss-reactive ketones (excluding diaryl/α,β-unsaturated/α-hetero) is 1. The normalized spacial score (nSPS) is 18.9. The monoisotopic (exact) mass is 473 g/mol. The van der Waals surface area contributed by atoms with Crippen LogP contribution in [0.1, 0.15) is 89.0 Å². The largest absolute Gasteiger partial charge is 0.494 e. The number of halogens is 1. The van der Waals surface area contributed by atoms with Gasteiger partial charge < -0.3 is 10.5 Å². The predicted octanol–water partition coefficient (Wildman–Crippen LogP) is 5.08. The number of carbonyl (C=O) groups is 2. The fraction of sp³-hybridized carbons (Fsp3) is 0.667. The third kappa shape index (κ3) is 8.41. The lowest BCUT2D eigenvalue weighted by Gasteiger charge is -2.24. The van der Waals surface area contributed by atoms with Gasteiger partial charge in [0.2, 0.25) is 5.91 Å². The van der Waals surface area contributed by atoms with Gasteiger partial charge >= 0.3 is 0 Å². The van der Waals surface area contributed by atoms with E-state index in [4.69, 9.17) is 10.5 Å². The first-order chi connectivity index (χ1) is 16.4. The summed E-state index contributed by atoms with van der Waals surface area (Å²) >= 11 is 0. The van der Waals surface area contributed by atoms with Gasteiger partial charge in [-0.25, -0.2) is 9.38 Å². The van der Waals surface area contributed by atoms with E-state index in [1.54, 1.807) is 12.1 Å². The fourth-order valence-corrected chi connectivity index (χ4v) is 5.34. The van der Waals surface area contributed by atoms with Gasteiger partial charge in [-0.1, -0.05) is 57.4 Å². The zero-order valence-electron chi connectivity index (χ0n) is 20.5. The van der Waals surface area contributed by atoms with Crippen molar-refractivity contribution in [2.45, 2.75) is 95.9 Å². The van der Waals surface area contributed by atoms with Gasteiger partial charge in [0.1, 0.15) is 6.04 Å². The van der Waals surface area contributed by atoms with Crippen LogP contribution in [0.4, 0.5) is 4.39 Å². The van der Waals surface area contributed by atoms with Crippen molar-refractivity contribution in [3.05, 3.63) is 29.6 Å². The fourth-order valence-electron chi connectivity index (χ4n) is 5.34. The highest BCUT2D eigenvalue weighted by atomic mass is 19.1. The SMILES string of the molecule is COc1cc(CCC(=O)[C@@H](CC2CCCCC2)N=C(N)NC(=O)CC2CCCCC2)ccc1F. The molecule has 188 valence electrons. The zero-order valence-corrected chi connectivity index (χ0v) is 20.5. The van der Waals surface area contributed by atoms with E-state index in [0.717, 1.165) is 31.2 Å². The molecule has 0 aromatic heterocycles. The lowest BCUT2D eigenvalue weighted by atomic mass is 9.83. The second kappa shape index (κ2) is 13.4. The summed E-state index contributed by atoms with van der Waals surface area (Å²) < 4.78 is 18.7. The standard InChI is InChI=1S/C27H40FN3O3/c1-34-25-17-21(12-14-22(25)28)13-15-24(32)23(16-19-8-4-2-5-9-19)30-27(29)31-26(33)18-20-10-6-3-7-11-20/h12,14,17,19-20,23H,2-11,13,15-16,18H2,1H3,(H3,29,30,31,33)/t23-/m1/s1. The second-order valence-corrected chi connectivity index (χ2v) is 9.96. The van der Waals surface area contributed by atoms with Crippen LogP contribution in [0.2, 0.25) is 0 Å². The maximum Gasteiger partial charge on any atom is 0.226 e. The van der Waals surface area contributed by atoms with Gasteiger partial charge in [0.25, 0.3) is 0 Å². The van der Waals surface area contributed by atoms with Crippen molar-refractivity contribution in [2.24, 2.45) is 22.6 Å². The molecule has 0 heterocycles. The highest BCUT2D eigenvalue weighted by molar-refractivity contribution is 5.97. The lowest BCUT2D eigenvalue weighted by Crippen LogP contribution is -2.40. The topological polar surface area (TPSA) is 93.8 Å². The molecule has 2 aliphatic carbocycles. The number of hydrogen-bond acceptors (Lipinski definition) is 4. The third-order valence-corrected chi connectivity index (χ3v) is 7.29. The van der Waals surface area contributed by atoms with Crippen LogP contribution in [0.15, 0.2) is 23.2 Å². The Morgan fingerprint density at radius 2 is 1.74 bits per heavy atom. The molecular formula is C27H40FN3O3. The van der Waals surface area contributed by atoms with E-state index in [0.29, 0.717) is 31.1 Å². The number of rotatable bonds is 10. The Morgan fingerprint density at radius 1 is 1.09 bits per heavy atom. The summed E-state index contributed by atoms with van der Waals surface area (Å²) in [7, 11) is 1.42. The molecule has 7 heteroatoms. The molecule has 3 N–H and O–H groups in total. The number of carbonyl (C=O) groups excluding carboxylic acids is 2. The number of nitrogens with zero attached hydrogens (tertiary/aromatic N) is 1. The first-order valence-corrected chi connectivity index (χ1v) is 12.9. The average Bonchev–Trinajstić information content (AvgIpc) is 2.84. The van der Waals surface area contributed by atoms with E-state index >= 15 is 0 Å². The molecule has 1 atom stereocenters. The third-order valence-electron chi connectivity index (χ3n) is 7.29. The van der Waals surface area contributed by atoms with E-state index < -0.39 is 11.9 Å². The molecule has 1 amide bonds. The van der Waals surface area contributed by atoms with Crippen LogP contribution in [-0.2, 0) is 16.0 Å². The van der Waals surface area contributed by atoms with Crippen LogP contribution >= 0.6 is 0 Å². The quantitative estimate of drug-likeness (QED) is 0.366. The molecule has 2 fully saturated rings. The molecule has 0 aliphatic heterocycles. The number of aryl methyl sites for hydroxylation is 1. The molecule has 3 rings (SSSR count). The zero-order chi connectivity index (χ0) is 24.3. The number of methoxy groups -OCH3 is 1. The van der Waals surface area contributed by atoms with Crippen molar-refractivity contribution >= 4 is 17.6 Å². The van der Waals surface area contributed by atoms with Crippen LogP contribution in [0.3, 0.4) is 0 Å². The minimum atomic E-state index is -0.569. The van der Waals surface area contributed by atoms with Crippen molar-refractivity contribution in [2.75, 3.05) is 7.11 Å². The number of benzene rings is 1. The van der Waals surface area contributed by atoms with E-state index in [2.05, 4.69) is 10.3 Å². The number of amides is 1. The van der Waals surface area contributed by atoms with Gasteiger partial charge in [0, 0.05) is 12.8 Å². The molecule has 0 bridgehead atoms. The highest BCUT2D eigenvalue weighted by Crippen LogP contribution is 2.29. The predicted molar refractivity (Wildman–Crippen MR) is 132 cm³/mol. The molecule has 0 unspecified atom stereocenters. The number of aliphatic imine (C=N–C) groups is 1. The molecule has 6 nitrogen and oxygen atoms in total. The molecular weight excluding hydrogens is 433 g/mol. The molecule has 1 aromatic rings. The Bertz CT molecular complexity index is 846. The summed E-state index contributed by atoms with van der Waals surface area (Å²) in [6.45, 7) is 0. The first-order valence-electron chi connectivity index (χ1n) is 12.9. The van der Waals surface area contributed by atoms with Crippen LogP contribution in [-0.4, -0.2) is 30.8 Å². The van der Waals surface area contributed by atoms with Gasteiger partial charge in [-0.05, 0) is 55.2 Å². The van der Waals surface area contributed by atoms with Gasteiger partial charge in [-0.2, -0.15) is 0 Å². The van der Waals surface area contributed by atoms with E-state index in [9.17, 15) is 14.0 Å². The number of hydrogen-bond donors (Lipinski definition) is 2. The molecule has 2 aliphatic rings. The number of nitrogens with one attached hydrogen (secondary N) is 1. The van der Waals surface area contributed by atoms with Crippen LogP contribution in [0, 0.1) is 17.7 Å². The second-order valence-electron chi connectivity index (χ2n) is 9.96. The van der Waals surface area contributed by atoms with Crippen LogP contribution in [0.25, 0.3) is 0 Å². The van der Waals surface area contributed by atoms with Gasteiger partial charge in [-0.15, -0.1) is 0 Å². The number of nitrogens with two attached hydrogens (primary N) is 1. The van der Waals surface area contributed by atoms with Crippen LogP contribution in [0.5, 0.6) is 5.75 Å². The summed E-state index contributed by atoms with van der Waals surface area (Å²) in [5, 5.41) is 2.72. The summed E-state index contributed by atoms with van der Waals surface area (Å²) in [5.74, 6) is 0.532. The summed E-state index contributed by atoms with van der Waals surface area (Å²) in [4.78, 5) is 30.1. The van der Waals surface area contributed by atoms with Gasteiger partial charge in [0.15, 0.2) is 23.3 Å². The van der Waals surface area contributed by atoms with E-state index in [-0.39, 0.29) is 29.8 Å². The van der Waals surface area contributed by atoms with E-state index in [1.165, 1.54) is 51.7 Å². The maximum absolute atomic E-state index is 13.7. The Balaban J connectivity index is 1.61. The first kappa shape index (κ1) is 26.2. The van der Waals surface area contributed by atoms with Gasteiger partial charge in [-0.3, -0.25) is 14.9 Å². The molecule has 34 heavy (non-hydrogen) atoms. The Hall–Kier alpha value is -2.44. The minimum Gasteiger partial charge on any atom is -0.494 e. The average molecular weight is 474 g/mol. The minimum absolute atomic E-state index is 0.00153. The Morgan fingerprint density at radius 3 is 2.38 bits per heavy atom. The Labute approximate surface area is 202 Å². The van der Waals surface area contributed by atoms with Crippen molar-refractivity contribution in [3.8, 4) is 5.75 Å². The smallest absolute Gasteiger partial charge is 0.226 e. The van der Waals surface area contributed by atoms with Crippen LogP contribution < -0.4 is 15.8 Å². The molecule has 0 spiro atoms. The number of ether oxygens (including phenoxy) is 1. The van der Waals surface area contributed by atoms with Crippen molar-refractivity contribution < 1.29 is 18.7 Å². The highest BCUT2D eigenvalue weighted by Gasteiger charge is 2.25. The van der Waals surface area contributed by atoms with E-state index in [1.807, 2.05) is 0 Å². The summed E-state index contributed by atoms with van der Waals surface area (Å²) in [6, 6.07) is 4.09. The van der Waals surface area contributed by atoms with Crippen molar-refractivity contribution in [1.29, 1.82) is 0 Å². The number of guanidine groups is 1. The van der Waals surface area contributed by atoms with Crippen molar-refractivity contribution in [3.63, 3.8) is 0 Å². The molecule has 0 radical (unpaired) electrons. The Kier molecular flexibility index (Phi) is 10.4. The molecule has 1 aromatic carbocycles. The summed E-state index contributed by atoms with van der Waals surface area (Å²) in [6.07, 6.45) is 13.4.